The van der Waals surface area contributed by atoms with Crippen LogP contribution in [0.1, 0.15) is 55.7 Å². The molecule has 1 aromatic heterocycles. The number of H-pyrrole nitrogens is 1. The van der Waals surface area contributed by atoms with Crippen LogP contribution in [-0.4, -0.2) is 56.8 Å². The monoisotopic (exact) mass is 477 g/mol. The first-order chi connectivity index (χ1) is 16.8. The van der Waals surface area contributed by atoms with Gasteiger partial charge < -0.3 is 20.1 Å². The Bertz CT molecular complexity index is 1250. The SMILES string of the molecule is CN1C(=C=O)Oc2ccc(CC(=O)Nc3cc([C@H]4CC[C@@H](N(C(=O)O)C56CC(C5)C6)C4)[nH]n3)cc21. The molecule has 0 saturated heterocycles. The van der Waals surface area contributed by atoms with Crippen LogP contribution < -0.4 is 15.0 Å². The van der Waals surface area contributed by atoms with Crippen molar-refractivity contribution in [2.75, 3.05) is 17.3 Å². The van der Waals surface area contributed by atoms with Crippen molar-refractivity contribution in [3.8, 4) is 5.75 Å². The summed E-state index contributed by atoms with van der Waals surface area (Å²) in [5, 5.41) is 20.0. The van der Waals surface area contributed by atoms with Gasteiger partial charge in [0.15, 0.2) is 17.5 Å². The van der Waals surface area contributed by atoms with E-state index < -0.39 is 6.09 Å². The summed E-state index contributed by atoms with van der Waals surface area (Å²) in [6.45, 7) is 0. The lowest BCUT2D eigenvalue weighted by Gasteiger charge is -2.66. The fourth-order valence-electron chi connectivity index (χ4n) is 6.32. The summed E-state index contributed by atoms with van der Waals surface area (Å²) in [5.74, 6) is 3.57. The average molecular weight is 478 g/mol. The van der Waals surface area contributed by atoms with Gasteiger partial charge in [0.25, 0.3) is 5.88 Å². The molecule has 4 saturated carbocycles. The lowest BCUT2D eigenvalue weighted by Crippen LogP contribution is -2.71. The molecule has 2 amide bonds. The molecule has 35 heavy (non-hydrogen) atoms. The molecule has 0 unspecified atom stereocenters. The van der Waals surface area contributed by atoms with E-state index in [9.17, 15) is 19.5 Å². The van der Waals surface area contributed by atoms with Crippen LogP contribution in [0.5, 0.6) is 5.75 Å². The van der Waals surface area contributed by atoms with E-state index in [1.165, 1.54) is 0 Å². The second-order valence-corrected chi connectivity index (χ2v) is 10.3. The molecule has 1 aliphatic heterocycles. The molecule has 4 aliphatic carbocycles. The van der Waals surface area contributed by atoms with Gasteiger partial charge in [0.05, 0.1) is 12.1 Å². The predicted octanol–water partition coefficient (Wildman–Crippen LogP) is 3.26. The minimum absolute atomic E-state index is 0.0385. The molecule has 182 valence electrons. The Balaban J connectivity index is 1.07. The van der Waals surface area contributed by atoms with Gasteiger partial charge in [-0.3, -0.25) is 14.8 Å². The number of amides is 2. The summed E-state index contributed by atoms with van der Waals surface area (Å²) in [7, 11) is 1.71. The summed E-state index contributed by atoms with van der Waals surface area (Å²) >= 11 is 0. The zero-order valence-corrected chi connectivity index (χ0v) is 19.4. The van der Waals surface area contributed by atoms with Crippen molar-refractivity contribution in [1.29, 1.82) is 0 Å². The highest BCUT2D eigenvalue weighted by Gasteiger charge is 2.63. The first-order valence-electron chi connectivity index (χ1n) is 12.0. The van der Waals surface area contributed by atoms with Gasteiger partial charge in [0.1, 0.15) is 0 Å². The summed E-state index contributed by atoms with van der Waals surface area (Å²) in [4.78, 5) is 39.0. The van der Waals surface area contributed by atoms with Crippen LogP contribution in [-0.2, 0) is 16.0 Å². The normalized spacial score (nSPS) is 27.9. The third-order valence-corrected chi connectivity index (χ3v) is 8.15. The fourth-order valence-corrected chi connectivity index (χ4v) is 6.32. The van der Waals surface area contributed by atoms with Crippen LogP contribution in [0.15, 0.2) is 30.1 Å². The number of carboxylic acid groups (broad SMARTS) is 1. The molecular formula is C25H27N5O5. The van der Waals surface area contributed by atoms with E-state index in [2.05, 4.69) is 15.5 Å². The van der Waals surface area contributed by atoms with Gasteiger partial charge in [-0.25, -0.2) is 9.59 Å². The quantitative estimate of drug-likeness (QED) is 0.545. The number of benzene rings is 1. The molecule has 0 radical (unpaired) electrons. The Morgan fingerprint density at radius 3 is 2.80 bits per heavy atom. The number of carbonyl (C=O) groups is 2. The second kappa shape index (κ2) is 7.88. The van der Waals surface area contributed by atoms with Gasteiger partial charge in [-0.15, -0.1) is 0 Å². The summed E-state index contributed by atoms with van der Waals surface area (Å²) in [6.07, 6.45) is 4.92. The summed E-state index contributed by atoms with van der Waals surface area (Å²) in [6, 6.07) is 7.22. The fraction of sp³-hybridized carbons (Fsp3) is 0.480. The first-order valence-corrected chi connectivity index (χ1v) is 12.0. The van der Waals surface area contributed by atoms with E-state index in [1.54, 1.807) is 34.9 Å². The van der Waals surface area contributed by atoms with E-state index in [0.717, 1.165) is 55.7 Å². The maximum atomic E-state index is 12.6. The molecular weight excluding hydrogens is 450 g/mol. The van der Waals surface area contributed by atoms with Crippen molar-refractivity contribution in [3.05, 3.63) is 41.4 Å². The van der Waals surface area contributed by atoms with E-state index in [0.29, 0.717) is 17.3 Å². The maximum Gasteiger partial charge on any atom is 0.408 e. The van der Waals surface area contributed by atoms with E-state index >= 15 is 0 Å². The van der Waals surface area contributed by atoms with Crippen LogP contribution >= 0.6 is 0 Å². The molecule has 2 atom stereocenters. The lowest BCUT2D eigenvalue weighted by atomic mass is 9.49. The lowest BCUT2D eigenvalue weighted by molar-refractivity contribution is -0.142. The smallest absolute Gasteiger partial charge is 0.408 e. The highest BCUT2D eigenvalue weighted by atomic mass is 16.5. The van der Waals surface area contributed by atoms with Crippen molar-refractivity contribution >= 4 is 29.4 Å². The van der Waals surface area contributed by atoms with E-state index in [-0.39, 0.29) is 35.7 Å². The number of hydrogen-bond donors (Lipinski definition) is 3. The van der Waals surface area contributed by atoms with Gasteiger partial charge >= 0.3 is 6.09 Å². The third-order valence-electron chi connectivity index (χ3n) is 8.15. The number of rotatable bonds is 6. The van der Waals surface area contributed by atoms with Crippen molar-refractivity contribution in [2.45, 2.75) is 62.4 Å². The Morgan fingerprint density at radius 2 is 2.11 bits per heavy atom. The van der Waals surface area contributed by atoms with Crippen molar-refractivity contribution < 1.29 is 24.2 Å². The van der Waals surface area contributed by atoms with E-state index in [4.69, 9.17) is 4.74 Å². The van der Waals surface area contributed by atoms with E-state index in [1.807, 2.05) is 12.1 Å². The molecule has 10 heteroatoms. The number of carbonyl (C=O) groups excluding carboxylic acids is 2. The molecule has 2 heterocycles. The summed E-state index contributed by atoms with van der Waals surface area (Å²) in [5.41, 5.74) is 2.31. The molecule has 1 aromatic carbocycles. The Labute approximate surface area is 201 Å². The van der Waals surface area contributed by atoms with Crippen LogP contribution in [0.4, 0.5) is 16.3 Å². The molecule has 3 N–H and O–H groups in total. The predicted molar refractivity (Wildman–Crippen MR) is 126 cm³/mol. The van der Waals surface area contributed by atoms with Crippen LogP contribution in [0.2, 0.25) is 0 Å². The number of ether oxygens (including phenoxy) is 1. The number of anilines is 2. The zero-order valence-electron chi connectivity index (χ0n) is 19.4. The number of aromatic amines is 1. The first kappa shape index (κ1) is 21.7. The minimum Gasteiger partial charge on any atom is -0.465 e. The highest BCUT2D eigenvalue weighted by molar-refractivity contribution is 5.91. The largest absolute Gasteiger partial charge is 0.465 e. The number of nitrogens with zero attached hydrogens (tertiary/aromatic N) is 3. The third kappa shape index (κ3) is 3.56. The number of fused-ring (bicyclic) bond motifs is 1. The van der Waals surface area contributed by atoms with Crippen molar-refractivity contribution in [2.24, 2.45) is 5.92 Å². The van der Waals surface area contributed by atoms with Gasteiger partial charge in [-0.05, 0) is 62.1 Å². The standard InChI is InChI=1S/C25H27N5O5/c1-29-19-6-14(2-5-20(19)35-23(29)13-31)7-22(32)26-21-9-18(27-28-21)16-3-4-17(8-16)30(24(33)34)25-10-15(11-25)12-25/h2,5-6,9,15-17H,3-4,7-8,10-12H2,1H3,(H,33,34)(H2,26,27,28,32)/t15?,16-,17+,25?/m0/s1. The molecule has 2 aromatic rings. The number of aromatic nitrogens is 2. The molecule has 0 spiro atoms. The Morgan fingerprint density at radius 1 is 1.31 bits per heavy atom. The number of hydrogen-bond acceptors (Lipinski definition) is 6. The maximum absolute atomic E-state index is 12.6. The molecule has 4 fully saturated rings. The highest BCUT2D eigenvalue weighted by Crippen LogP contribution is 2.62. The second-order valence-electron chi connectivity index (χ2n) is 10.3. The minimum atomic E-state index is -0.797. The Hall–Kier alpha value is -3.78. The van der Waals surface area contributed by atoms with Crippen LogP contribution in [0.25, 0.3) is 0 Å². The molecule has 2 bridgehead atoms. The molecule has 5 aliphatic rings. The zero-order chi connectivity index (χ0) is 24.3. The van der Waals surface area contributed by atoms with Crippen LogP contribution in [0, 0.1) is 5.92 Å². The van der Waals surface area contributed by atoms with Crippen LogP contribution in [0.3, 0.4) is 0 Å². The Kier molecular flexibility index (Phi) is 4.89. The topological polar surface area (TPSA) is 128 Å². The molecule has 7 rings (SSSR count). The van der Waals surface area contributed by atoms with Gasteiger partial charge in [-0.1, -0.05) is 6.07 Å². The van der Waals surface area contributed by atoms with Gasteiger partial charge in [0.2, 0.25) is 5.91 Å². The van der Waals surface area contributed by atoms with Crippen molar-refractivity contribution in [1.82, 2.24) is 15.1 Å². The summed E-state index contributed by atoms with van der Waals surface area (Å²) < 4.78 is 5.41. The molecule has 10 nitrogen and oxygen atoms in total. The average Bonchev–Trinajstić information content (AvgIpc) is 3.49. The van der Waals surface area contributed by atoms with Crippen molar-refractivity contribution in [3.63, 3.8) is 0 Å². The van der Waals surface area contributed by atoms with Gasteiger partial charge in [-0.2, -0.15) is 5.10 Å². The van der Waals surface area contributed by atoms with Gasteiger partial charge in [0, 0.05) is 36.3 Å². The number of nitrogens with one attached hydrogen (secondary N) is 2.